The highest BCUT2D eigenvalue weighted by Gasteiger charge is 2.15. The average Bonchev–Trinajstić information content (AvgIpc) is 2.84. The maximum absolute atomic E-state index is 12.4. The largest absolute Gasteiger partial charge is 0.377 e. The van der Waals surface area contributed by atoms with Crippen molar-refractivity contribution in [1.29, 1.82) is 0 Å². The number of aromatic nitrogens is 1. The van der Waals surface area contributed by atoms with Crippen molar-refractivity contribution >= 4 is 27.0 Å². The van der Waals surface area contributed by atoms with Crippen LogP contribution >= 0.6 is 11.3 Å². The Morgan fingerprint density at radius 3 is 2.59 bits per heavy atom. The molecular formula is C15H21N3O2S2. The van der Waals surface area contributed by atoms with E-state index < -0.39 is 10.0 Å². The molecule has 2 aromatic rings. The molecule has 0 saturated heterocycles. The Bertz CT molecular complexity index is 752. The summed E-state index contributed by atoms with van der Waals surface area (Å²) in [4.78, 5) is 6.53. The minimum absolute atomic E-state index is 0.288. The molecule has 1 heterocycles. The number of nitrogens with zero attached hydrogens (tertiary/aromatic N) is 2. The normalized spacial score (nSPS) is 11.6. The molecule has 7 heteroatoms. The summed E-state index contributed by atoms with van der Waals surface area (Å²) in [5, 5.41) is 2.95. The van der Waals surface area contributed by atoms with Crippen molar-refractivity contribution in [3.05, 3.63) is 39.8 Å². The molecule has 5 nitrogen and oxygen atoms in total. The van der Waals surface area contributed by atoms with Crippen molar-refractivity contribution in [2.45, 2.75) is 25.2 Å². The molecule has 0 bridgehead atoms. The minimum Gasteiger partial charge on any atom is -0.377 e. The molecule has 1 N–H and O–H groups in total. The standard InChI is InChI=1S/C15H21N3O2S2/c1-11-5-6-14(9-15(11)18(3)4)22(19,20)16-8-7-13-10-21-12(2)17-13/h5-6,9-10,16H,7-8H2,1-4H3. The molecule has 0 fully saturated rings. The highest BCUT2D eigenvalue weighted by atomic mass is 32.2. The second-order valence-corrected chi connectivity index (χ2v) is 8.18. The van der Waals surface area contributed by atoms with E-state index in [1.807, 2.05) is 44.3 Å². The SMILES string of the molecule is Cc1nc(CCNS(=O)(=O)c2ccc(C)c(N(C)C)c2)cs1. The third-order valence-corrected chi connectivity index (χ3v) is 5.59. The highest BCUT2D eigenvalue weighted by molar-refractivity contribution is 7.89. The third-order valence-electron chi connectivity index (χ3n) is 3.31. The first kappa shape index (κ1) is 16.9. The number of benzene rings is 1. The zero-order valence-electron chi connectivity index (χ0n) is 13.3. The monoisotopic (exact) mass is 339 g/mol. The lowest BCUT2D eigenvalue weighted by Gasteiger charge is -2.17. The van der Waals surface area contributed by atoms with E-state index in [2.05, 4.69) is 9.71 Å². The van der Waals surface area contributed by atoms with Crippen LogP contribution in [0.5, 0.6) is 0 Å². The van der Waals surface area contributed by atoms with Gasteiger partial charge < -0.3 is 4.90 Å². The molecule has 0 aliphatic rings. The van der Waals surface area contributed by atoms with Crippen LogP contribution in [0.15, 0.2) is 28.5 Å². The number of anilines is 1. The van der Waals surface area contributed by atoms with Gasteiger partial charge in [0.2, 0.25) is 10.0 Å². The Labute approximate surface area is 136 Å². The molecule has 120 valence electrons. The summed E-state index contributed by atoms with van der Waals surface area (Å²) >= 11 is 1.57. The summed E-state index contributed by atoms with van der Waals surface area (Å²) in [5.41, 5.74) is 2.86. The van der Waals surface area contributed by atoms with Gasteiger partial charge in [-0.25, -0.2) is 18.1 Å². The number of hydrogen-bond donors (Lipinski definition) is 1. The zero-order valence-corrected chi connectivity index (χ0v) is 14.9. The highest BCUT2D eigenvalue weighted by Crippen LogP contribution is 2.22. The molecule has 0 aliphatic carbocycles. The molecule has 1 aromatic carbocycles. The Morgan fingerprint density at radius 2 is 2.00 bits per heavy atom. The van der Waals surface area contributed by atoms with Crippen molar-refractivity contribution in [3.63, 3.8) is 0 Å². The number of nitrogens with one attached hydrogen (secondary N) is 1. The minimum atomic E-state index is -3.50. The Hall–Kier alpha value is -1.44. The fraction of sp³-hybridized carbons (Fsp3) is 0.400. The van der Waals surface area contributed by atoms with Gasteiger partial charge in [0, 0.05) is 38.1 Å². The fourth-order valence-corrected chi connectivity index (χ4v) is 3.86. The van der Waals surface area contributed by atoms with E-state index in [4.69, 9.17) is 0 Å². The quantitative estimate of drug-likeness (QED) is 0.877. The van der Waals surface area contributed by atoms with Gasteiger partial charge in [-0.15, -0.1) is 11.3 Å². The summed E-state index contributed by atoms with van der Waals surface area (Å²) in [6.07, 6.45) is 0.593. The first-order valence-electron chi connectivity index (χ1n) is 6.98. The summed E-state index contributed by atoms with van der Waals surface area (Å²) in [7, 11) is 0.302. The number of rotatable bonds is 6. The summed E-state index contributed by atoms with van der Waals surface area (Å²) in [6, 6.07) is 5.16. The summed E-state index contributed by atoms with van der Waals surface area (Å²) < 4.78 is 27.4. The van der Waals surface area contributed by atoms with Crippen LogP contribution in [0.4, 0.5) is 5.69 Å². The molecule has 0 unspecified atom stereocenters. The zero-order chi connectivity index (χ0) is 16.3. The van der Waals surface area contributed by atoms with Crippen molar-refractivity contribution in [2.75, 3.05) is 25.5 Å². The van der Waals surface area contributed by atoms with Gasteiger partial charge in [0.15, 0.2) is 0 Å². The van der Waals surface area contributed by atoms with Crippen LogP contribution < -0.4 is 9.62 Å². The van der Waals surface area contributed by atoms with Crippen LogP contribution in [-0.2, 0) is 16.4 Å². The molecule has 0 aliphatic heterocycles. The van der Waals surface area contributed by atoms with E-state index in [0.29, 0.717) is 13.0 Å². The number of thiazole rings is 1. The number of aryl methyl sites for hydroxylation is 2. The van der Waals surface area contributed by atoms with E-state index in [0.717, 1.165) is 22.0 Å². The molecule has 0 spiro atoms. The van der Waals surface area contributed by atoms with E-state index in [1.54, 1.807) is 23.5 Å². The molecule has 0 atom stereocenters. The van der Waals surface area contributed by atoms with Crippen LogP contribution in [0.1, 0.15) is 16.3 Å². The van der Waals surface area contributed by atoms with E-state index in [-0.39, 0.29) is 4.90 Å². The summed E-state index contributed by atoms with van der Waals surface area (Å²) in [5.74, 6) is 0. The smallest absolute Gasteiger partial charge is 0.240 e. The van der Waals surface area contributed by atoms with Gasteiger partial charge in [0.1, 0.15) is 0 Å². The van der Waals surface area contributed by atoms with Crippen molar-refractivity contribution < 1.29 is 8.42 Å². The second-order valence-electron chi connectivity index (χ2n) is 5.35. The van der Waals surface area contributed by atoms with Crippen LogP contribution in [0.2, 0.25) is 0 Å². The molecule has 0 radical (unpaired) electrons. The van der Waals surface area contributed by atoms with Crippen LogP contribution in [0, 0.1) is 13.8 Å². The lowest BCUT2D eigenvalue weighted by molar-refractivity contribution is 0.581. The van der Waals surface area contributed by atoms with Crippen LogP contribution in [0.25, 0.3) is 0 Å². The van der Waals surface area contributed by atoms with E-state index in [9.17, 15) is 8.42 Å². The third kappa shape index (κ3) is 4.06. The van der Waals surface area contributed by atoms with Crippen molar-refractivity contribution in [3.8, 4) is 0 Å². The number of sulfonamides is 1. The molecule has 22 heavy (non-hydrogen) atoms. The predicted molar refractivity (Wildman–Crippen MR) is 91.2 cm³/mol. The first-order chi connectivity index (χ1) is 10.3. The number of hydrogen-bond acceptors (Lipinski definition) is 5. The molecule has 0 saturated carbocycles. The van der Waals surface area contributed by atoms with E-state index in [1.165, 1.54) is 0 Å². The van der Waals surface area contributed by atoms with Gasteiger partial charge in [-0.3, -0.25) is 0 Å². The molecule has 0 amide bonds. The molecule has 2 rings (SSSR count). The maximum atomic E-state index is 12.4. The molecule has 1 aromatic heterocycles. The molecular weight excluding hydrogens is 318 g/mol. The van der Waals surface area contributed by atoms with Gasteiger partial charge in [-0.05, 0) is 31.5 Å². The van der Waals surface area contributed by atoms with Crippen molar-refractivity contribution in [1.82, 2.24) is 9.71 Å². The van der Waals surface area contributed by atoms with Crippen LogP contribution in [0.3, 0.4) is 0 Å². The Kier molecular flexibility index (Phi) is 5.20. The van der Waals surface area contributed by atoms with Crippen LogP contribution in [-0.4, -0.2) is 34.0 Å². The summed E-state index contributed by atoms with van der Waals surface area (Å²) in [6.45, 7) is 4.24. The van der Waals surface area contributed by atoms with Gasteiger partial charge in [0.25, 0.3) is 0 Å². The lowest BCUT2D eigenvalue weighted by atomic mass is 10.2. The first-order valence-corrected chi connectivity index (χ1v) is 9.34. The lowest BCUT2D eigenvalue weighted by Crippen LogP contribution is -2.26. The Balaban J connectivity index is 2.08. The van der Waals surface area contributed by atoms with Gasteiger partial charge in [-0.2, -0.15) is 0 Å². The average molecular weight is 339 g/mol. The predicted octanol–water partition coefficient (Wildman–Crippen LogP) is 2.35. The second kappa shape index (κ2) is 6.76. The van der Waals surface area contributed by atoms with Crippen molar-refractivity contribution in [2.24, 2.45) is 0 Å². The fourth-order valence-electron chi connectivity index (χ4n) is 2.16. The van der Waals surface area contributed by atoms with Gasteiger partial charge >= 0.3 is 0 Å². The Morgan fingerprint density at radius 1 is 1.27 bits per heavy atom. The van der Waals surface area contributed by atoms with Gasteiger partial charge in [0.05, 0.1) is 15.6 Å². The topological polar surface area (TPSA) is 62.3 Å². The maximum Gasteiger partial charge on any atom is 0.240 e. The van der Waals surface area contributed by atoms with Gasteiger partial charge in [-0.1, -0.05) is 6.07 Å². The van der Waals surface area contributed by atoms with E-state index >= 15 is 0 Å².